The Bertz CT molecular complexity index is 763. The Hall–Kier alpha value is -2.15. The molecule has 0 bridgehead atoms. The summed E-state index contributed by atoms with van der Waals surface area (Å²) in [6.07, 6.45) is 0. The molecule has 23 heavy (non-hydrogen) atoms. The van der Waals surface area contributed by atoms with E-state index in [0.29, 0.717) is 15.6 Å². The van der Waals surface area contributed by atoms with Gasteiger partial charge in [0.15, 0.2) is 0 Å². The number of carbonyl (C=O) groups is 1. The van der Waals surface area contributed by atoms with Gasteiger partial charge in [-0.1, -0.05) is 53.2 Å². The van der Waals surface area contributed by atoms with E-state index in [1.54, 1.807) is 12.1 Å². The summed E-state index contributed by atoms with van der Waals surface area (Å²) in [5, 5.41) is 3.47. The van der Waals surface area contributed by atoms with Gasteiger partial charge < -0.3 is 10.1 Å². The quantitative estimate of drug-likeness (QED) is 0.845. The molecule has 1 amide bonds. The minimum Gasteiger partial charge on any atom is -0.481 e. The molecule has 2 rings (SSSR count). The number of amides is 1. The van der Waals surface area contributed by atoms with E-state index in [1.165, 1.54) is 6.07 Å². The lowest BCUT2D eigenvalue weighted by molar-refractivity contribution is 0.0959. The van der Waals surface area contributed by atoms with E-state index < -0.39 is 0 Å². The molecule has 0 aliphatic carbocycles. The lowest BCUT2D eigenvalue weighted by Crippen LogP contribution is -2.23. The second kappa shape index (κ2) is 8.47. The number of para-hydroxylation sites is 1. The molecule has 0 spiro atoms. The molecule has 0 atom stereocenters. The summed E-state index contributed by atoms with van der Waals surface area (Å²) < 4.78 is 5.54. The predicted octanol–water partition coefficient (Wildman–Crippen LogP) is 4.11. The standard InChI is InChI=1S/C18H15Cl2NO2/c1-13-6-2-3-7-17(13)23-11-5-4-10-21-18(22)15-9-8-14(19)12-16(15)20/h2-3,6-9,12H,10-11H2,1H3,(H,21,22). The first-order valence-corrected chi connectivity index (χ1v) is 7.71. The zero-order valence-electron chi connectivity index (χ0n) is 12.5. The molecule has 0 aliphatic heterocycles. The maximum absolute atomic E-state index is 11.9. The van der Waals surface area contributed by atoms with Gasteiger partial charge in [0.1, 0.15) is 12.4 Å². The van der Waals surface area contributed by atoms with Crippen LogP contribution in [0.4, 0.5) is 0 Å². The van der Waals surface area contributed by atoms with Gasteiger partial charge in [0.25, 0.3) is 5.91 Å². The van der Waals surface area contributed by atoms with Crippen LogP contribution in [0.5, 0.6) is 5.75 Å². The van der Waals surface area contributed by atoms with E-state index in [4.69, 9.17) is 27.9 Å². The fraction of sp³-hybridized carbons (Fsp3) is 0.167. The van der Waals surface area contributed by atoms with Gasteiger partial charge in [0.2, 0.25) is 0 Å². The van der Waals surface area contributed by atoms with Gasteiger partial charge in [-0.3, -0.25) is 4.79 Å². The van der Waals surface area contributed by atoms with Gasteiger partial charge in [-0.2, -0.15) is 0 Å². The molecule has 0 aromatic heterocycles. The highest BCUT2D eigenvalue weighted by Gasteiger charge is 2.09. The van der Waals surface area contributed by atoms with Crippen LogP contribution in [-0.2, 0) is 0 Å². The fourth-order valence-electron chi connectivity index (χ4n) is 1.84. The maximum atomic E-state index is 11.9. The second-order valence-electron chi connectivity index (χ2n) is 4.71. The summed E-state index contributed by atoms with van der Waals surface area (Å²) in [5.74, 6) is 6.19. The highest BCUT2D eigenvalue weighted by atomic mass is 35.5. The molecule has 2 aromatic rings. The van der Waals surface area contributed by atoms with Crippen LogP contribution in [0, 0.1) is 18.8 Å². The predicted molar refractivity (Wildman–Crippen MR) is 93.2 cm³/mol. The van der Waals surface area contributed by atoms with Crippen molar-refractivity contribution in [3.8, 4) is 17.6 Å². The summed E-state index contributed by atoms with van der Waals surface area (Å²) in [4.78, 5) is 11.9. The van der Waals surface area contributed by atoms with Crippen molar-refractivity contribution in [1.82, 2.24) is 5.32 Å². The first-order chi connectivity index (χ1) is 11.1. The molecule has 5 heteroatoms. The van der Waals surface area contributed by atoms with Crippen molar-refractivity contribution in [3.63, 3.8) is 0 Å². The monoisotopic (exact) mass is 347 g/mol. The van der Waals surface area contributed by atoms with Gasteiger partial charge >= 0.3 is 0 Å². The highest BCUT2D eigenvalue weighted by molar-refractivity contribution is 6.36. The summed E-state index contributed by atoms with van der Waals surface area (Å²) in [5.41, 5.74) is 1.43. The normalized spacial score (nSPS) is 9.70. The molecule has 1 N–H and O–H groups in total. The Kier molecular flexibility index (Phi) is 6.34. The van der Waals surface area contributed by atoms with Crippen molar-refractivity contribution >= 4 is 29.1 Å². The minimum absolute atomic E-state index is 0.217. The summed E-state index contributed by atoms with van der Waals surface area (Å²) in [6.45, 7) is 2.45. The van der Waals surface area contributed by atoms with Crippen molar-refractivity contribution in [2.45, 2.75) is 6.92 Å². The second-order valence-corrected chi connectivity index (χ2v) is 5.56. The van der Waals surface area contributed by atoms with E-state index in [1.807, 2.05) is 31.2 Å². The molecule has 2 aromatic carbocycles. The summed E-state index contributed by atoms with van der Waals surface area (Å²) in [7, 11) is 0. The minimum atomic E-state index is -0.291. The molecule has 118 valence electrons. The number of hydrogen-bond acceptors (Lipinski definition) is 2. The van der Waals surface area contributed by atoms with Crippen LogP contribution >= 0.6 is 23.2 Å². The summed E-state index contributed by atoms with van der Waals surface area (Å²) >= 11 is 11.8. The Morgan fingerprint density at radius 1 is 1.17 bits per heavy atom. The zero-order chi connectivity index (χ0) is 16.7. The van der Waals surface area contributed by atoms with Gasteiger partial charge in [0.05, 0.1) is 17.1 Å². The van der Waals surface area contributed by atoms with Crippen molar-refractivity contribution in [1.29, 1.82) is 0 Å². The number of halogens is 2. The van der Waals surface area contributed by atoms with Crippen LogP contribution in [0.3, 0.4) is 0 Å². The Labute approximate surface area is 145 Å². The van der Waals surface area contributed by atoms with Crippen molar-refractivity contribution < 1.29 is 9.53 Å². The Balaban J connectivity index is 1.79. The third-order valence-electron chi connectivity index (χ3n) is 3.03. The van der Waals surface area contributed by atoms with Gasteiger partial charge in [-0.25, -0.2) is 0 Å². The number of aryl methyl sites for hydroxylation is 1. The topological polar surface area (TPSA) is 38.3 Å². The van der Waals surface area contributed by atoms with Crippen molar-refractivity contribution in [2.75, 3.05) is 13.2 Å². The van der Waals surface area contributed by atoms with Crippen LogP contribution < -0.4 is 10.1 Å². The van der Waals surface area contributed by atoms with Crippen molar-refractivity contribution in [2.24, 2.45) is 0 Å². The van der Waals surface area contributed by atoms with E-state index in [9.17, 15) is 4.79 Å². The fourth-order valence-corrected chi connectivity index (χ4v) is 2.33. The number of hydrogen-bond donors (Lipinski definition) is 1. The van der Waals surface area contributed by atoms with E-state index in [0.717, 1.165) is 11.3 Å². The van der Waals surface area contributed by atoms with E-state index in [-0.39, 0.29) is 19.1 Å². The number of carbonyl (C=O) groups excluding carboxylic acids is 1. The smallest absolute Gasteiger partial charge is 0.253 e. The number of nitrogens with one attached hydrogen (secondary N) is 1. The molecular formula is C18H15Cl2NO2. The molecule has 0 unspecified atom stereocenters. The Morgan fingerprint density at radius 3 is 2.70 bits per heavy atom. The summed E-state index contributed by atoms with van der Waals surface area (Å²) in [6, 6.07) is 12.4. The van der Waals surface area contributed by atoms with Gasteiger partial charge in [-0.15, -0.1) is 0 Å². The zero-order valence-corrected chi connectivity index (χ0v) is 14.0. The SMILES string of the molecule is Cc1ccccc1OCC#CCNC(=O)c1ccc(Cl)cc1Cl. The van der Waals surface area contributed by atoms with Crippen molar-refractivity contribution in [3.05, 3.63) is 63.6 Å². The molecule has 0 fully saturated rings. The van der Waals surface area contributed by atoms with Gasteiger partial charge in [0, 0.05) is 5.02 Å². The number of ether oxygens (including phenoxy) is 1. The average Bonchev–Trinajstić information content (AvgIpc) is 2.52. The average molecular weight is 348 g/mol. The lowest BCUT2D eigenvalue weighted by Gasteiger charge is -2.05. The molecule has 0 saturated carbocycles. The van der Waals surface area contributed by atoms with Crippen LogP contribution in [0.2, 0.25) is 10.0 Å². The van der Waals surface area contributed by atoms with Crippen LogP contribution in [0.1, 0.15) is 15.9 Å². The lowest BCUT2D eigenvalue weighted by atomic mass is 10.2. The number of rotatable bonds is 4. The first kappa shape index (κ1) is 17.2. The molecule has 3 nitrogen and oxygen atoms in total. The first-order valence-electron chi connectivity index (χ1n) is 6.95. The molecule has 0 radical (unpaired) electrons. The number of benzene rings is 2. The molecule has 0 saturated heterocycles. The maximum Gasteiger partial charge on any atom is 0.253 e. The van der Waals surface area contributed by atoms with Crippen LogP contribution in [-0.4, -0.2) is 19.1 Å². The largest absolute Gasteiger partial charge is 0.481 e. The molecular weight excluding hydrogens is 333 g/mol. The van der Waals surface area contributed by atoms with E-state index in [2.05, 4.69) is 17.2 Å². The molecule has 0 heterocycles. The van der Waals surface area contributed by atoms with Crippen LogP contribution in [0.15, 0.2) is 42.5 Å². The third kappa shape index (κ3) is 5.21. The van der Waals surface area contributed by atoms with Gasteiger partial charge in [-0.05, 0) is 36.8 Å². The molecule has 0 aliphatic rings. The third-order valence-corrected chi connectivity index (χ3v) is 3.58. The van der Waals surface area contributed by atoms with E-state index >= 15 is 0 Å². The Morgan fingerprint density at radius 2 is 1.96 bits per heavy atom. The van der Waals surface area contributed by atoms with Crippen LogP contribution in [0.25, 0.3) is 0 Å². The highest BCUT2D eigenvalue weighted by Crippen LogP contribution is 2.20.